The smallest absolute Gasteiger partial charge is 0.311 e. The maximum absolute atomic E-state index is 12.8. The molecule has 4 aromatic rings. The molecular formula is C33H38ClNO5. The number of hydrogen-bond acceptors (Lipinski definition) is 6. The van der Waals surface area contributed by atoms with E-state index in [0.717, 1.165) is 31.4 Å². The van der Waals surface area contributed by atoms with Gasteiger partial charge >= 0.3 is 5.97 Å². The molecule has 0 aliphatic rings. The van der Waals surface area contributed by atoms with Crippen molar-refractivity contribution in [2.45, 2.75) is 46.1 Å². The van der Waals surface area contributed by atoms with Crippen LogP contribution in [0.4, 0.5) is 0 Å². The van der Waals surface area contributed by atoms with E-state index in [2.05, 4.69) is 29.6 Å². The Hall–Kier alpha value is -3.61. The lowest BCUT2D eigenvalue weighted by Gasteiger charge is -2.24. The second-order valence-corrected chi connectivity index (χ2v) is 10.7. The van der Waals surface area contributed by atoms with Crippen molar-refractivity contribution in [3.8, 4) is 17.1 Å². The molecule has 6 nitrogen and oxygen atoms in total. The number of aryl methyl sites for hydroxylation is 1. The van der Waals surface area contributed by atoms with E-state index in [9.17, 15) is 9.59 Å². The Morgan fingerprint density at radius 3 is 2.33 bits per heavy atom. The number of ether oxygens (including phenoxy) is 2. The molecule has 40 heavy (non-hydrogen) atoms. The highest BCUT2D eigenvalue weighted by Gasteiger charge is 2.27. The van der Waals surface area contributed by atoms with Crippen LogP contribution in [0, 0.1) is 5.41 Å². The van der Waals surface area contributed by atoms with Crippen LogP contribution in [0.25, 0.3) is 22.3 Å². The van der Waals surface area contributed by atoms with Crippen molar-refractivity contribution < 1.29 is 18.7 Å². The highest BCUT2D eigenvalue weighted by molar-refractivity contribution is 5.85. The van der Waals surface area contributed by atoms with E-state index in [1.54, 1.807) is 18.2 Å². The van der Waals surface area contributed by atoms with Crippen molar-refractivity contribution in [3.05, 3.63) is 101 Å². The Kier molecular flexibility index (Phi) is 11.4. The van der Waals surface area contributed by atoms with Gasteiger partial charge in [-0.1, -0.05) is 66.7 Å². The van der Waals surface area contributed by atoms with Crippen LogP contribution in [0.1, 0.15) is 39.2 Å². The van der Waals surface area contributed by atoms with Gasteiger partial charge in [0.15, 0.2) is 16.8 Å². The summed E-state index contributed by atoms with van der Waals surface area (Å²) in [5, 5.41) is 3.85. The summed E-state index contributed by atoms with van der Waals surface area (Å²) in [5.74, 6) is 0.608. The predicted octanol–water partition coefficient (Wildman–Crippen LogP) is 6.83. The highest BCUT2D eigenvalue weighted by Crippen LogP contribution is 2.29. The van der Waals surface area contributed by atoms with E-state index in [-0.39, 0.29) is 30.4 Å². The normalized spacial score (nSPS) is 12.0. The molecule has 212 valence electrons. The van der Waals surface area contributed by atoms with Crippen molar-refractivity contribution in [2.75, 3.05) is 19.7 Å². The Morgan fingerprint density at radius 2 is 1.62 bits per heavy atom. The van der Waals surface area contributed by atoms with Crippen LogP contribution in [-0.4, -0.2) is 31.8 Å². The van der Waals surface area contributed by atoms with Gasteiger partial charge < -0.3 is 19.2 Å². The zero-order valence-corrected chi connectivity index (χ0v) is 24.2. The molecule has 1 unspecified atom stereocenters. The summed E-state index contributed by atoms with van der Waals surface area (Å²) < 4.78 is 18.1. The fraction of sp³-hybridized carbons (Fsp3) is 0.333. The van der Waals surface area contributed by atoms with Gasteiger partial charge in [0.25, 0.3) is 0 Å². The quantitative estimate of drug-likeness (QED) is 0.150. The number of esters is 1. The number of rotatable bonds is 12. The van der Waals surface area contributed by atoms with Crippen LogP contribution in [-0.2, 0) is 16.0 Å². The van der Waals surface area contributed by atoms with Crippen molar-refractivity contribution in [1.82, 2.24) is 5.32 Å². The molecule has 3 aromatic carbocycles. The van der Waals surface area contributed by atoms with Crippen LogP contribution in [0.15, 0.2) is 94.1 Å². The molecule has 7 heteroatoms. The monoisotopic (exact) mass is 563 g/mol. The van der Waals surface area contributed by atoms with Gasteiger partial charge in [0.05, 0.1) is 10.8 Å². The summed E-state index contributed by atoms with van der Waals surface area (Å²) in [6.07, 6.45) is 2.60. The minimum atomic E-state index is -0.634. The van der Waals surface area contributed by atoms with E-state index >= 15 is 0 Å². The zero-order chi connectivity index (χ0) is 27.7. The molecule has 0 bridgehead atoms. The van der Waals surface area contributed by atoms with Crippen molar-refractivity contribution >= 4 is 29.3 Å². The number of fused-ring (bicyclic) bond motifs is 1. The molecule has 0 aliphatic heterocycles. The number of nitrogens with one attached hydrogen (secondary N) is 1. The number of halogens is 1. The molecule has 0 spiro atoms. The minimum absolute atomic E-state index is 0. The number of para-hydroxylation sites is 1. The first-order valence-electron chi connectivity index (χ1n) is 13.5. The molecular weight excluding hydrogens is 526 g/mol. The lowest BCUT2D eigenvalue weighted by Crippen LogP contribution is -2.38. The summed E-state index contributed by atoms with van der Waals surface area (Å²) in [7, 11) is 0. The largest absolute Gasteiger partial charge is 0.486 e. The molecule has 1 heterocycles. The fourth-order valence-electron chi connectivity index (χ4n) is 4.14. The lowest BCUT2D eigenvalue weighted by atomic mass is 9.97. The highest BCUT2D eigenvalue weighted by atomic mass is 35.5. The number of unbranched alkanes of at least 4 members (excludes halogenated alkanes) is 1. The molecule has 0 saturated carbocycles. The first kappa shape index (κ1) is 30.9. The van der Waals surface area contributed by atoms with Crippen molar-refractivity contribution in [2.24, 2.45) is 5.41 Å². The van der Waals surface area contributed by atoms with Crippen LogP contribution in [0.3, 0.4) is 0 Å². The molecule has 1 N–H and O–H groups in total. The lowest BCUT2D eigenvalue weighted by molar-refractivity contribution is -0.159. The second-order valence-electron chi connectivity index (χ2n) is 10.7. The van der Waals surface area contributed by atoms with Crippen LogP contribution in [0.2, 0.25) is 0 Å². The third kappa shape index (κ3) is 8.70. The van der Waals surface area contributed by atoms with Gasteiger partial charge in [0.2, 0.25) is 0 Å². The summed E-state index contributed by atoms with van der Waals surface area (Å²) in [6, 6.07) is 26.7. The summed E-state index contributed by atoms with van der Waals surface area (Å²) >= 11 is 0. The number of hydrogen-bond donors (Lipinski definition) is 1. The summed E-state index contributed by atoms with van der Waals surface area (Å²) in [6.45, 7) is 6.87. The third-order valence-electron chi connectivity index (χ3n) is 6.37. The average Bonchev–Trinajstić information content (AvgIpc) is 2.94. The molecule has 0 saturated heterocycles. The van der Waals surface area contributed by atoms with Crippen LogP contribution >= 0.6 is 12.4 Å². The van der Waals surface area contributed by atoms with Gasteiger partial charge in [0, 0.05) is 18.2 Å². The summed E-state index contributed by atoms with van der Waals surface area (Å²) in [5.41, 5.74) is 1.73. The molecule has 0 radical (unpaired) electrons. The SMILES string of the molecule is CC(C)(C)C(=O)OC(CNCCCCc1ccccc1)COc1cccc2c(=O)cc(-c3ccccc3)oc12.Cl. The fourth-order valence-corrected chi connectivity index (χ4v) is 4.14. The van der Waals surface area contributed by atoms with Gasteiger partial charge in [-0.15, -0.1) is 12.4 Å². The maximum atomic E-state index is 12.8. The van der Waals surface area contributed by atoms with Gasteiger partial charge in [-0.25, -0.2) is 0 Å². The Morgan fingerprint density at radius 1 is 0.925 bits per heavy atom. The Bertz CT molecular complexity index is 1410. The van der Waals surface area contributed by atoms with Gasteiger partial charge in [-0.3, -0.25) is 9.59 Å². The van der Waals surface area contributed by atoms with E-state index in [4.69, 9.17) is 13.9 Å². The van der Waals surface area contributed by atoms with Gasteiger partial charge in [0.1, 0.15) is 18.5 Å². The van der Waals surface area contributed by atoms with Crippen molar-refractivity contribution in [3.63, 3.8) is 0 Å². The minimum Gasteiger partial charge on any atom is -0.486 e. The third-order valence-corrected chi connectivity index (χ3v) is 6.37. The maximum Gasteiger partial charge on any atom is 0.311 e. The van der Waals surface area contributed by atoms with Crippen LogP contribution < -0.4 is 15.5 Å². The van der Waals surface area contributed by atoms with E-state index in [1.165, 1.54) is 11.6 Å². The average molecular weight is 564 g/mol. The zero-order valence-electron chi connectivity index (χ0n) is 23.4. The first-order valence-corrected chi connectivity index (χ1v) is 13.5. The van der Waals surface area contributed by atoms with Gasteiger partial charge in [-0.05, 0) is 64.3 Å². The number of carbonyl (C=O) groups is 1. The summed E-state index contributed by atoms with van der Waals surface area (Å²) in [4.78, 5) is 25.5. The van der Waals surface area contributed by atoms with Crippen molar-refractivity contribution in [1.29, 1.82) is 0 Å². The predicted molar refractivity (Wildman–Crippen MR) is 162 cm³/mol. The number of benzene rings is 3. The number of carbonyl (C=O) groups excluding carboxylic acids is 1. The molecule has 0 amide bonds. The van der Waals surface area contributed by atoms with E-state index in [0.29, 0.717) is 29.0 Å². The first-order chi connectivity index (χ1) is 18.8. The molecule has 0 aliphatic carbocycles. The van der Waals surface area contributed by atoms with Gasteiger partial charge in [-0.2, -0.15) is 0 Å². The Balaban J connectivity index is 0.00000441. The Labute approximate surface area is 242 Å². The standard InChI is InChI=1S/C33H37NO5.ClH/c1-33(2,3)32(36)38-26(22-34-20-11-10-15-24-13-6-4-7-14-24)23-37-29-19-12-18-27-28(35)21-30(39-31(27)29)25-16-8-5-9-17-25;/h4-9,12-14,16-19,21,26,34H,10-11,15,20,22-23H2,1-3H3;1H. The molecule has 4 rings (SSSR count). The molecule has 0 fully saturated rings. The molecule has 1 aromatic heterocycles. The van der Waals surface area contributed by atoms with E-state index in [1.807, 2.05) is 57.2 Å². The van der Waals surface area contributed by atoms with Crippen LogP contribution in [0.5, 0.6) is 5.75 Å². The van der Waals surface area contributed by atoms with E-state index < -0.39 is 11.5 Å². The second kappa shape index (κ2) is 14.7. The molecule has 1 atom stereocenters. The topological polar surface area (TPSA) is 77.8 Å².